The van der Waals surface area contributed by atoms with Crippen LogP contribution in [0.2, 0.25) is 0 Å². The molecule has 0 atom stereocenters. The van der Waals surface area contributed by atoms with Crippen molar-refractivity contribution in [1.82, 2.24) is 20.4 Å². The van der Waals surface area contributed by atoms with Crippen LogP contribution in [0.4, 0.5) is 10.5 Å². The summed E-state index contributed by atoms with van der Waals surface area (Å²) < 4.78 is 0. The zero-order valence-electron chi connectivity index (χ0n) is 14.1. The summed E-state index contributed by atoms with van der Waals surface area (Å²) in [5.74, 6) is 0.0103. The van der Waals surface area contributed by atoms with Gasteiger partial charge in [-0.1, -0.05) is 29.5 Å². The third-order valence-corrected chi connectivity index (χ3v) is 5.21. The highest BCUT2D eigenvalue weighted by Gasteiger charge is 2.26. The lowest BCUT2D eigenvalue weighted by Gasteiger charge is -2.30. The predicted octanol–water partition coefficient (Wildman–Crippen LogP) is 2.70. The maximum Gasteiger partial charge on any atom is 0.317 e. The number of benzene rings is 1. The molecule has 132 valence electrons. The lowest BCUT2D eigenvalue weighted by Crippen LogP contribution is -2.44. The predicted molar refractivity (Wildman–Crippen MR) is 96.9 cm³/mol. The maximum absolute atomic E-state index is 12.3. The molecule has 1 saturated heterocycles. The van der Waals surface area contributed by atoms with E-state index in [4.69, 9.17) is 0 Å². The van der Waals surface area contributed by atoms with Crippen molar-refractivity contribution >= 4 is 29.0 Å². The zero-order chi connectivity index (χ0) is 17.6. The molecule has 25 heavy (non-hydrogen) atoms. The lowest BCUT2D eigenvalue weighted by molar-refractivity contribution is 0.102. The van der Waals surface area contributed by atoms with Gasteiger partial charge in [-0.3, -0.25) is 4.79 Å². The SMILES string of the molecule is CCNC(=O)N1CCC(c2nnc(C(=O)Nc3ccccc3)s2)CC1. The monoisotopic (exact) mass is 359 g/mol. The Morgan fingerprint density at radius 3 is 2.60 bits per heavy atom. The van der Waals surface area contributed by atoms with E-state index in [0.717, 1.165) is 23.5 Å². The van der Waals surface area contributed by atoms with E-state index in [0.29, 0.717) is 24.6 Å². The van der Waals surface area contributed by atoms with Crippen molar-refractivity contribution in [1.29, 1.82) is 0 Å². The number of piperidine rings is 1. The van der Waals surface area contributed by atoms with Crippen molar-refractivity contribution in [3.63, 3.8) is 0 Å². The molecule has 0 saturated carbocycles. The first-order valence-corrected chi connectivity index (χ1v) is 9.21. The van der Waals surface area contributed by atoms with Gasteiger partial charge in [-0.2, -0.15) is 0 Å². The Balaban J connectivity index is 1.57. The Bertz CT molecular complexity index is 726. The summed E-state index contributed by atoms with van der Waals surface area (Å²) in [5.41, 5.74) is 0.736. The molecule has 1 aliphatic rings. The van der Waals surface area contributed by atoms with Crippen molar-refractivity contribution in [2.45, 2.75) is 25.7 Å². The lowest BCUT2D eigenvalue weighted by atomic mass is 9.98. The van der Waals surface area contributed by atoms with Gasteiger partial charge in [-0.05, 0) is 31.9 Å². The topological polar surface area (TPSA) is 87.2 Å². The van der Waals surface area contributed by atoms with Gasteiger partial charge >= 0.3 is 6.03 Å². The number of hydrogen-bond donors (Lipinski definition) is 2. The smallest absolute Gasteiger partial charge is 0.317 e. The Kier molecular flexibility index (Phi) is 5.60. The van der Waals surface area contributed by atoms with E-state index in [9.17, 15) is 9.59 Å². The number of hydrogen-bond acceptors (Lipinski definition) is 5. The number of rotatable bonds is 4. The van der Waals surface area contributed by atoms with Crippen LogP contribution in [-0.2, 0) is 0 Å². The molecule has 1 fully saturated rings. The van der Waals surface area contributed by atoms with Crippen LogP contribution in [0.3, 0.4) is 0 Å². The molecule has 0 spiro atoms. The average Bonchev–Trinajstić information content (AvgIpc) is 3.13. The Morgan fingerprint density at radius 1 is 1.20 bits per heavy atom. The molecule has 1 aromatic carbocycles. The summed E-state index contributed by atoms with van der Waals surface area (Å²) in [4.78, 5) is 25.9. The third-order valence-electron chi connectivity index (χ3n) is 4.13. The molecule has 2 N–H and O–H groups in total. The van der Waals surface area contributed by atoms with E-state index >= 15 is 0 Å². The third kappa shape index (κ3) is 4.33. The molecular formula is C17H21N5O2S. The number of amides is 3. The summed E-state index contributed by atoms with van der Waals surface area (Å²) in [5, 5.41) is 15.1. The molecule has 0 unspecified atom stereocenters. The van der Waals surface area contributed by atoms with Crippen LogP contribution >= 0.6 is 11.3 Å². The van der Waals surface area contributed by atoms with Crippen molar-refractivity contribution in [3.05, 3.63) is 40.3 Å². The molecule has 7 nitrogen and oxygen atoms in total. The van der Waals surface area contributed by atoms with Crippen LogP contribution < -0.4 is 10.6 Å². The van der Waals surface area contributed by atoms with Gasteiger partial charge in [0.2, 0.25) is 5.01 Å². The van der Waals surface area contributed by atoms with E-state index in [1.165, 1.54) is 11.3 Å². The van der Waals surface area contributed by atoms with Crippen molar-refractivity contribution < 1.29 is 9.59 Å². The number of nitrogens with zero attached hydrogens (tertiary/aromatic N) is 3. The van der Waals surface area contributed by atoms with Crippen molar-refractivity contribution in [3.8, 4) is 0 Å². The molecule has 0 aliphatic carbocycles. The minimum Gasteiger partial charge on any atom is -0.338 e. The molecule has 8 heteroatoms. The second-order valence-corrected chi connectivity index (χ2v) is 6.87. The highest BCUT2D eigenvalue weighted by molar-refractivity contribution is 7.13. The summed E-state index contributed by atoms with van der Waals surface area (Å²) in [7, 11) is 0. The first-order chi connectivity index (χ1) is 12.2. The molecule has 3 rings (SSSR count). The van der Waals surface area contributed by atoms with Gasteiger partial charge < -0.3 is 15.5 Å². The van der Waals surface area contributed by atoms with Gasteiger partial charge in [-0.15, -0.1) is 10.2 Å². The van der Waals surface area contributed by atoms with Crippen molar-refractivity contribution in [2.24, 2.45) is 0 Å². The van der Waals surface area contributed by atoms with Crippen LogP contribution in [0.1, 0.15) is 40.5 Å². The van der Waals surface area contributed by atoms with E-state index in [1.54, 1.807) is 0 Å². The second-order valence-electron chi connectivity index (χ2n) is 5.86. The number of likely N-dealkylation sites (tertiary alicyclic amines) is 1. The molecule has 1 aromatic heterocycles. The van der Waals surface area contributed by atoms with Gasteiger partial charge in [0.15, 0.2) is 0 Å². The molecule has 2 heterocycles. The number of carbonyl (C=O) groups is 2. The first-order valence-electron chi connectivity index (χ1n) is 8.40. The normalized spacial score (nSPS) is 15.0. The standard InChI is InChI=1S/C17H21N5O2S/c1-2-18-17(24)22-10-8-12(9-11-22)15-20-21-16(25-15)14(23)19-13-6-4-3-5-7-13/h3-7,12H,2,8-11H2,1H3,(H,18,24)(H,19,23). The minimum absolute atomic E-state index is 0.0128. The fraction of sp³-hybridized carbons (Fsp3) is 0.412. The molecular weight excluding hydrogens is 338 g/mol. The fourth-order valence-corrected chi connectivity index (χ4v) is 3.70. The van der Waals surface area contributed by atoms with Crippen molar-refractivity contribution in [2.75, 3.05) is 25.0 Å². The van der Waals surface area contributed by atoms with Crippen LogP contribution in [0.5, 0.6) is 0 Å². The second kappa shape index (κ2) is 8.06. The minimum atomic E-state index is -0.241. The summed E-state index contributed by atoms with van der Waals surface area (Å²) in [6.07, 6.45) is 1.68. The summed E-state index contributed by atoms with van der Waals surface area (Å²) in [6, 6.07) is 9.27. The number of nitrogens with one attached hydrogen (secondary N) is 2. The van der Waals surface area contributed by atoms with E-state index in [2.05, 4.69) is 20.8 Å². The highest BCUT2D eigenvalue weighted by atomic mass is 32.1. The molecule has 0 radical (unpaired) electrons. The molecule has 1 aliphatic heterocycles. The number of para-hydroxylation sites is 1. The van der Waals surface area contributed by atoms with Gasteiger partial charge in [0.05, 0.1) is 0 Å². The van der Waals surface area contributed by atoms with Gasteiger partial charge in [0, 0.05) is 31.2 Å². The van der Waals surface area contributed by atoms with Crippen LogP contribution in [0.25, 0.3) is 0 Å². The van der Waals surface area contributed by atoms with E-state index in [1.807, 2.05) is 42.2 Å². The van der Waals surface area contributed by atoms with Gasteiger partial charge in [0.1, 0.15) is 5.01 Å². The fourth-order valence-electron chi connectivity index (χ4n) is 2.79. The van der Waals surface area contributed by atoms with Crippen LogP contribution in [0, 0.1) is 0 Å². The van der Waals surface area contributed by atoms with Crippen LogP contribution in [-0.4, -0.2) is 46.7 Å². The zero-order valence-corrected chi connectivity index (χ0v) is 14.9. The molecule has 0 bridgehead atoms. The number of aromatic nitrogens is 2. The quantitative estimate of drug-likeness (QED) is 0.879. The summed E-state index contributed by atoms with van der Waals surface area (Å²) >= 11 is 1.33. The van der Waals surface area contributed by atoms with Gasteiger partial charge in [-0.25, -0.2) is 4.79 Å². The van der Waals surface area contributed by atoms with Gasteiger partial charge in [0.25, 0.3) is 5.91 Å². The maximum atomic E-state index is 12.3. The van der Waals surface area contributed by atoms with Crippen LogP contribution in [0.15, 0.2) is 30.3 Å². The number of urea groups is 1. The first kappa shape index (κ1) is 17.3. The Labute approximate surface area is 150 Å². The Hall–Kier alpha value is -2.48. The summed E-state index contributed by atoms with van der Waals surface area (Å²) in [6.45, 7) is 3.94. The molecule has 2 aromatic rings. The number of carbonyl (C=O) groups excluding carboxylic acids is 2. The Morgan fingerprint density at radius 2 is 1.92 bits per heavy atom. The largest absolute Gasteiger partial charge is 0.338 e. The van der Waals surface area contributed by atoms with E-state index < -0.39 is 0 Å². The average molecular weight is 359 g/mol. The highest BCUT2D eigenvalue weighted by Crippen LogP contribution is 2.30. The van der Waals surface area contributed by atoms with E-state index in [-0.39, 0.29) is 17.9 Å². The number of anilines is 1. The molecule has 3 amide bonds.